The highest BCUT2D eigenvalue weighted by atomic mass is 32.2. The van der Waals surface area contributed by atoms with E-state index in [4.69, 9.17) is 0 Å². The number of amides is 2. The van der Waals surface area contributed by atoms with Gasteiger partial charge in [0.1, 0.15) is 0 Å². The molecule has 2 heterocycles. The topological polar surface area (TPSA) is 86.7 Å². The number of anilines is 2. The van der Waals surface area contributed by atoms with E-state index in [1.807, 2.05) is 38.1 Å². The first-order chi connectivity index (χ1) is 12.8. The van der Waals surface area contributed by atoms with Crippen molar-refractivity contribution in [2.75, 3.05) is 24.3 Å². The van der Waals surface area contributed by atoms with Gasteiger partial charge in [0.05, 0.1) is 15.5 Å². The summed E-state index contributed by atoms with van der Waals surface area (Å²) in [5.41, 5.74) is 2.94. The lowest BCUT2D eigenvalue weighted by Gasteiger charge is -2.13. The summed E-state index contributed by atoms with van der Waals surface area (Å²) in [6.45, 7) is 3.42. The number of carbonyl (C=O) groups is 2. The first kappa shape index (κ1) is 19.1. The Kier molecular flexibility index (Phi) is 5.62. The van der Waals surface area contributed by atoms with E-state index in [0.717, 1.165) is 21.8 Å². The standard InChI is InChI=1S/C18H19N5O2S2/c1-10-7-12(23(3)4)5-6-14(10)21-18-22-16(25)15(27-18)8-13-9-19-17(26-13)20-11(2)24/h5-9H,1-4H3,(H,19,20,24)(H,21,22,25). The van der Waals surface area contributed by atoms with Crippen molar-refractivity contribution in [2.45, 2.75) is 13.8 Å². The van der Waals surface area contributed by atoms with Gasteiger partial charge in [-0.15, -0.1) is 0 Å². The molecular weight excluding hydrogens is 382 g/mol. The van der Waals surface area contributed by atoms with Crippen molar-refractivity contribution in [3.63, 3.8) is 0 Å². The molecule has 0 bridgehead atoms. The molecule has 0 atom stereocenters. The van der Waals surface area contributed by atoms with E-state index < -0.39 is 0 Å². The number of nitrogens with zero attached hydrogens (tertiary/aromatic N) is 3. The van der Waals surface area contributed by atoms with Crippen LogP contribution in [-0.4, -0.2) is 36.1 Å². The van der Waals surface area contributed by atoms with Crippen molar-refractivity contribution in [1.29, 1.82) is 0 Å². The van der Waals surface area contributed by atoms with Gasteiger partial charge in [-0.2, -0.15) is 0 Å². The number of carbonyl (C=O) groups excluding carboxylic acids is 2. The van der Waals surface area contributed by atoms with Crippen LogP contribution in [-0.2, 0) is 9.59 Å². The molecule has 1 saturated heterocycles. The first-order valence-electron chi connectivity index (χ1n) is 8.13. The van der Waals surface area contributed by atoms with Gasteiger partial charge in [0.2, 0.25) is 5.91 Å². The fourth-order valence-corrected chi connectivity index (χ4v) is 4.03. The highest BCUT2D eigenvalue weighted by molar-refractivity contribution is 8.18. The van der Waals surface area contributed by atoms with Gasteiger partial charge in [0, 0.05) is 32.9 Å². The van der Waals surface area contributed by atoms with Crippen molar-refractivity contribution in [2.24, 2.45) is 4.99 Å². The van der Waals surface area contributed by atoms with E-state index in [-0.39, 0.29) is 11.8 Å². The number of amidine groups is 1. The molecule has 0 unspecified atom stereocenters. The normalized spacial score (nSPS) is 16.7. The molecule has 7 nitrogen and oxygen atoms in total. The van der Waals surface area contributed by atoms with Crippen LogP contribution >= 0.6 is 23.1 Å². The van der Waals surface area contributed by atoms with E-state index in [2.05, 4.69) is 26.7 Å². The number of thiazole rings is 1. The summed E-state index contributed by atoms with van der Waals surface area (Å²) in [7, 11) is 3.97. The number of hydrogen-bond acceptors (Lipinski definition) is 7. The van der Waals surface area contributed by atoms with Crippen LogP contribution in [0.4, 0.5) is 16.5 Å². The predicted molar refractivity (Wildman–Crippen MR) is 113 cm³/mol. The minimum atomic E-state index is -0.198. The van der Waals surface area contributed by atoms with E-state index in [9.17, 15) is 9.59 Å². The van der Waals surface area contributed by atoms with Crippen LogP contribution in [0.2, 0.25) is 0 Å². The van der Waals surface area contributed by atoms with E-state index in [1.54, 1.807) is 12.3 Å². The fraction of sp³-hybridized carbons (Fsp3) is 0.222. The number of nitrogens with one attached hydrogen (secondary N) is 2. The third-order valence-electron chi connectivity index (χ3n) is 3.65. The predicted octanol–water partition coefficient (Wildman–Crippen LogP) is 3.37. The van der Waals surface area contributed by atoms with Gasteiger partial charge in [-0.25, -0.2) is 9.98 Å². The lowest BCUT2D eigenvalue weighted by atomic mass is 10.2. The Labute approximate surface area is 165 Å². The van der Waals surface area contributed by atoms with Gasteiger partial charge < -0.3 is 15.5 Å². The van der Waals surface area contributed by atoms with Gasteiger partial charge in [-0.05, 0) is 48.5 Å². The molecule has 1 aromatic heterocycles. The summed E-state index contributed by atoms with van der Waals surface area (Å²) < 4.78 is 0. The Balaban J connectivity index is 1.78. The van der Waals surface area contributed by atoms with Gasteiger partial charge in [0.25, 0.3) is 5.91 Å². The van der Waals surface area contributed by atoms with Crippen molar-refractivity contribution < 1.29 is 9.59 Å². The van der Waals surface area contributed by atoms with Gasteiger partial charge >= 0.3 is 0 Å². The Hall–Kier alpha value is -2.65. The second-order valence-corrected chi connectivity index (χ2v) is 8.19. The molecule has 27 heavy (non-hydrogen) atoms. The fourth-order valence-electron chi connectivity index (χ4n) is 2.32. The van der Waals surface area contributed by atoms with Crippen LogP contribution in [0, 0.1) is 6.92 Å². The molecule has 2 amide bonds. The quantitative estimate of drug-likeness (QED) is 0.767. The molecule has 0 saturated carbocycles. The molecule has 2 N–H and O–H groups in total. The average molecular weight is 402 g/mol. The zero-order valence-corrected chi connectivity index (χ0v) is 17.0. The number of aliphatic imine (C=N–C) groups is 1. The lowest BCUT2D eigenvalue weighted by molar-refractivity contribution is -0.115. The first-order valence-corrected chi connectivity index (χ1v) is 9.76. The minimum absolute atomic E-state index is 0.179. The zero-order valence-electron chi connectivity index (χ0n) is 15.4. The highest BCUT2D eigenvalue weighted by Crippen LogP contribution is 2.31. The maximum absolute atomic E-state index is 12.2. The highest BCUT2D eigenvalue weighted by Gasteiger charge is 2.24. The van der Waals surface area contributed by atoms with Crippen molar-refractivity contribution in [3.05, 3.63) is 39.7 Å². The average Bonchev–Trinajstić information content (AvgIpc) is 3.15. The second-order valence-electron chi connectivity index (χ2n) is 6.10. The third kappa shape index (κ3) is 4.75. The molecule has 1 fully saturated rings. The summed E-state index contributed by atoms with van der Waals surface area (Å²) in [6, 6.07) is 5.99. The number of thioether (sulfide) groups is 1. The van der Waals surface area contributed by atoms with Crippen LogP contribution in [0.1, 0.15) is 17.4 Å². The molecule has 0 aliphatic carbocycles. The lowest BCUT2D eigenvalue weighted by Crippen LogP contribution is -2.19. The van der Waals surface area contributed by atoms with Crippen molar-refractivity contribution in [3.8, 4) is 0 Å². The second kappa shape index (κ2) is 7.93. The van der Waals surface area contributed by atoms with Crippen molar-refractivity contribution >= 4 is 62.7 Å². The maximum Gasteiger partial charge on any atom is 0.264 e. The molecule has 2 aromatic rings. The van der Waals surface area contributed by atoms with Gasteiger partial charge in [0.15, 0.2) is 10.3 Å². The van der Waals surface area contributed by atoms with Crippen molar-refractivity contribution in [1.82, 2.24) is 10.3 Å². The molecule has 0 spiro atoms. The molecule has 0 radical (unpaired) electrons. The van der Waals surface area contributed by atoms with Gasteiger partial charge in [-0.1, -0.05) is 11.3 Å². The largest absolute Gasteiger partial charge is 0.378 e. The van der Waals surface area contributed by atoms with E-state index >= 15 is 0 Å². The summed E-state index contributed by atoms with van der Waals surface area (Å²) in [5, 5.41) is 6.46. The zero-order chi connectivity index (χ0) is 19.6. The number of aromatic nitrogens is 1. The van der Waals surface area contributed by atoms with Crippen LogP contribution in [0.15, 0.2) is 34.3 Å². The third-order valence-corrected chi connectivity index (χ3v) is 5.42. The Bertz CT molecular complexity index is 962. The molecular formula is C18H19N5O2S2. The Morgan fingerprint density at radius 3 is 2.81 bits per heavy atom. The number of hydrogen-bond donors (Lipinski definition) is 2. The van der Waals surface area contributed by atoms with E-state index in [1.165, 1.54) is 30.0 Å². The van der Waals surface area contributed by atoms with Crippen LogP contribution in [0.3, 0.4) is 0 Å². The minimum Gasteiger partial charge on any atom is -0.378 e. The molecule has 140 valence electrons. The van der Waals surface area contributed by atoms with E-state index in [0.29, 0.717) is 15.2 Å². The monoisotopic (exact) mass is 401 g/mol. The molecule has 9 heteroatoms. The summed E-state index contributed by atoms with van der Waals surface area (Å²) >= 11 is 2.59. The summed E-state index contributed by atoms with van der Waals surface area (Å²) in [6.07, 6.45) is 3.36. The van der Waals surface area contributed by atoms with Gasteiger partial charge in [-0.3, -0.25) is 9.59 Å². The number of rotatable bonds is 4. The Morgan fingerprint density at radius 1 is 1.37 bits per heavy atom. The molecule has 1 aliphatic rings. The number of aryl methyl sites for hydroxylation is 1. The maximum atomic E-state index is 12.2. The SMILES string of the molecule is CC(=O)Nc1ncc(C=C2SC(=Nc3ccc(N(C)C)cc3C)NC2=O)s1. The Morgan fingerprint density at radius 2 is 2.15 bits per heavy atom. The molecule has 1 aromatic carbocycles. The van der Waals surface area contributed by atoms with Crippen LogP contribution in [0.25, 0.3) is 6.08 Å². The smallest absolute Gasteiger partial charge is 0.264 e. The number of benzene rings is 1. The van der Waals surface area contributed by atoms with Crippen LogP contribution < -0.4 is 15.5 Å². The van der Waals surface area contributed by atoms with Crippen LogP contribution in [0.5, 0.6) is 0 Å². The molecule has 1 aliphatic heterocycles. The molecule has 3 rings (SSSR count). The summed E-state index contributed by atoms with van der Waals surface area (Å²) in [5.74, 6) is -0.377. The summed E-state index contributed by atoms with van der Waals surface area (Å²) in [4.78, 5) is 35.3.